The average molecular weight is 510 g/mol. The number of carbonyl (C=O) groups is 2. The molecule has 5 aliphatic carbocycles. The summed E-state index contributed by atoms with van der Waals surface area (Å²) < 4.78 is 6.67. The number of thioether (sulfide) groups is 1. The molecule has 0 aliphatic heterocycles. The van der Waals surface area contributed by atoms with Crippen LogP contribution < -0.4 is 5.32 Å². The van der Waals surface area contributed by atoms with Gasteiger partial charge in [0.25, 0.3) is 5.91 Å². The van der Waals surface area contributed by atoms with Gasteiger partial charge in [0.2, 0.25) is 0 Å². The van der Waals surface area contributed by atoms with Crippen LogP contribution in [0, 0.1) is 17.8 Å². The number of aliphatic hydroxyl groups is 1. The maximum Gasteiger partial charge on any atom is 0.337 e. The summed E-state index contributed by atoms with van der Waals surface area (Å²) in [5.74, 6) is 0.893. The minimum absolute atomic E-state index is 0.0600. The van der Waals surface area contributed by atoms with Gasteiger partial charge >= 0.3 is 5.97 Å². The molecule has 8 heteroatoms. The fraction of sp³-hybridized carbons (Fsp3) is 0.607. The molecule has 2 N–H and O–H groups in total. The fourth-order valence-corrected chi connectivity index (χ4v) is 8.84. The molecule has 7 nitrogen and oxygen atoms in total. The number of hydrogen-bond donors (Lipinski definition) is 2. The lowest BCUT2D eigenvalue weighted by Crippen LogP contribution is -2.61. The molecule has 1 amide bonds. The molecule has 1 heterocycles. The molecule has 36 heavy (non-hydrogen) atoms. The zero-order chi connectivity index (χ0) is 24.9. The van der Waals surface area contributed by atoms with Crippen molar-refractivity contribution in [1.29, 1.82) is 0 Å². The number of amides is 1. The Hall–Kier alpha value is -2.32. The third-order valence-corrected chi connectivity index (χ3v) is 10.3. The van der Waals surface area contributed by atoms with E-state index in [1.54, 1.807) is 30.1 Å². The Kier molecular flexibility index (Phi) is 6.36. The van der Waals surface area contributed by atoms with Crippen LogP contribution in [-0.2, 0) is 4.74 Å². The van der Waals surface area contributed by atoms with Crippen molar-refractivity contribution in [3.05, 3.63) is 41.6 Å². The molecule has 1 aromatic carbocycles. The molecule has 2 aromatic rings. The van der Waals surface area contributed by atoms with E-state index in [9.17, 15) is 14.7 Å². The van der Waals surface area contributed by atoms with Crippen LogP contribution in [0.4, 0.5) is 0 Å². The topological polar surface area (TPSA) is 93.5 Å². The lowest BCUT2D eigenvalue weighted by Gasteiger charge is -2.58. The third-order valence-electron chi connectivity index (χ3n) is 8.87. The largest absolute Gasteiger partial charge is 0.465 e. The maximum absolute atomic E-state index is 13.7. The second-order valence-corrected chi connectivity index (χ2v) is 12.7. The summed E-state index contributed by atoms with van der Waals surface area (Å²) in [6.07, 6.45) is 12.5. The monoisotopic (exact) mass is 509 g/mol. The van der Waals surface area contributed by atoms with Gasteiger partial charge in [-0.25, -0.2) is 9.48 Å². The Labute approximate surface area is 216 Å². The van der Waals surface area contributed by atoms with Gasteiger partial charge in [-0.2, -0.15) is 5.10 Å². The first kappa shape index (κ1) is 24.0. The summed E-state index contributed by atoms with van der Waals surface area (Å²) in [7, 11) is 1.37. The molecule has 4 bridgehead atoms. The van der Waals surface area contributed by atoms with Crippen LogP contribution in [0.2, 0.25) is 0 Å². The SMILES string of the molecule is COC(=O)c1ccc(-n2ncc(C(=O)NC3[C@@H]4CC5C[C@H]3CC(O)(C5)C4)c2SC2CCCCC2)cc1. The van der Waals surface area contributed by atoms with E-state index in [0.717, 1.165) is 55.7 Å². The molecule has 192 valence electrons. The molecule has 1 aromatic heterocycles. The molecule has 0 radical (unpaired) electrons. The molecule has 3 unspecified atom stereocenters. The van der Waals surface area contributed by atoms with E-state index in [0.29, 0.717) is 34.1 Å². The molecule has 7 rings (SSSR count). The van der Waals surface area contributed by atoms with Crippen LogP contribution in [0.1, 0.15) is 84.9 Å². The number of methoxy groups -OCH3 is 1. The van der Waals surface area contributed by atoms with Crippen molar-refractivity contribution in [3.63, 3.8) is 0 Å². The Bertz CT molecular complexity index is 1120. The molecule has 5 fully saturated rings. The van der Waals surface area contributed by atoms with Crippen LogP contribution in [0.5, 0.6) is 0 Å². The number of esters is 1. The standard InChI is InChI=1S/C28H35N3O4S/c1-35-27(33)18-7-9-21(10-8-18)31-26(36-22-5-3-2-4-6-22)23(16-29-31)25(32)30-24-19-11-17-12-20(24)15-28(34,13-17)14-19/h7-10,16-17,19-20,22,24,34H,2-6,11-15H2,1H3,(H,30,32)/t17?,19-,20+,24?,28?. The lowest BCUT2D eigenvalue weighted by atomic mass is 9.52. The Morgan fingerprint density at radius 3 is 2.42 bits per heavy atom. The van der Waals surface area contributed by atoms with Crippen molar-refractivity contribution in [2.45, 2.75) is 86.1 Å². The van der Waals surface area contributed by atoms with E-state index in [1.165, 1.54) is 26.4 Å². The number of ether oxygens (including phenoxy) is 1. The molecule has 5 atom stereocenters. The van der Waals surface area contributed by atoms with Gasteiger partial charge in [0, 0.05) is 11.3 Å². The Morgan fingerprint density at radius 1 is 1.08 bits per heavy atom. The minimum Gasteiger partial charge on any atom is -0.465 e. The van der Waals surface area contributed by atoms with Crippen LogP contribution in [-0.4, -0.2) is 50.8 Å². The third kappa shape index (κ3) is 4.47. The summed E-state index contributed by atoms with van der Waals surface area (Å²) in [6.45, 7) is 0. The van der Waals surface area contributed by atoms with Crippen LogP contribution in [0.3, 0.4) is 0 Å². The predicted molar refractivity (Wildman–Crippen MR) is 137 cm³/mol. The summed E-state index contributed by atoms with van der Waals surface area (Å²) in [5, 5.41) is 20.3. The molecule has 0 saturated heterocycles. The van der Waals surface area contributed by atoms with Crippen molar-refractivity contribution < 1.29 is 19.4 Å². The lowest BCUT2D eigenvalue weighted by molar-refractivity contribution is -0.136. The Morgan fingerprint density at radius 2 is 1.78 bits per heavy atom. The first-order valence-corrected chi connectivity index (χ1v) is 14.3. The van der Waals surface area contributed by atoms with Gasteiger partial charge in [0.15, 0.2) is 0 Å². The van der Waals surface area contributed by atoms with Gasteiger partial charge in [-0.15, -0.1) is 11.8 Å². The number of nitrogens with zero attached hydrogens (tertiary/aromatic N) is 2. The highest BCUT2D eigenvalue weighted by atomic mass is 32.2. The van der Waals surface area contributed by atoms with Crippen LogP contribution in [0.15, 0.2) is 35.5 Å². The van der Waals surface area contributed by atoms with Crippen molar-refractivity contribution in [2.24, 2.45) is 17.8 Å². The quantitative estimate of drug-likeness (QED) is 0.546. The van der Waals surface area contributed by atoms with Gasteiger partial charge in [-0.05, 0) is 87.0 Å². The van der Waals surface area contributed by atoms with E-state index >= 15 is 0 Å². The number of nitrogens with one attached hydrogen (secondary N) is 1. The summed E-state index contributed by atoms with van der Waals surface area (Å²) >= 11 is 1.76. The van der Waals surface area contributed by atoms with Crippen molar-refractivity contribution in [2.75, 3.05) is 7.11 Å². The fourth-order valence-electron chi connectivity index (χ4n) is 7.43. The second kappa shape index (κ2) is 9.53. The van der Waals surface area contributed by atoms with Gasteiger partial charge in [0.1, 0.15) is 5.03 Å². The second-order valence-electron chi connectivity index (χ2n) is 11.4. The number of aromatic nitrogens is 2. The number of benzene rings is 1. The van der Waals surface area contributed by atoms with E-state index in [2.05, 4.69) is 10.4 Å². The Balaban J connectivity index is 1.27. The van der Waals surface area contributed by atoms with E-state index in [1.807, 2.05) is 16.8 Å². The first-order valence-electron chi connectivity index (χ1n) is 13.4. The number of rotatable bonds is 6. The van der Waals surface area contributed by atoms with Crippen molar-refractivity contribution in [3.8, 4) is 5.69 Å². The molecular formula is C28H35N3O4S. The molecule has 0 spiro atoms. The van der Waals surface area contributed by atoms with Crippen LogP contribution in [0.25, 0.3) is 5.69 Å². The number of carbonyl (C=O) groups excluding carboxylic acids is 2. The maximum atomic E-state index is 13.7. The normalized spacial score (nSPS) is 31.4. The van der Waals surface area contributed by atoms with E-state index < -0.39 is 5.60 Å². The van der Waals surface area contributed by atoms with Gasteiger partial charge in [-0.3, -0.25) is 4.79 Å². The zero-order valence-corrected chi connectivity index (χ0v) is 21.6. The minimum atomic E-state index is -0.513. The predicted octanol–water partition coefficient (Wildman–Crippen LogP) is 4.75. The molecule has 5 saturated carbocycles. The molecular weight excluding hydrogens is 474 g/mol. The summed E-state index contributed by atoms with van der Waals surface area (Å²) in [5.41, 5.74) is 1.41. The van der Waals surface area contributed by atoms with Gasteiger partial charge < -0.3 is 15.2 Å². The zero-order valence-electron chi connectivity index (χ0n) is 20.8. The van der Waals surface area contributed by atoms with Crippen molar-refractivity contribution >= 4 is 23.6 Å². The molecule has 5 aliphatic rings. The van der Waals surface area contributed by atoms with Gasteiger partial charge in [0.05, 0.1) is 35.7 Å². The highest BCUT2D eigenvalue weighted by Gasteiger charge is 2.55. The summed E-state index contributed by atoms with van der Waals surface area (Å²) in [4.78, 5) is 25.6. The first-order chi connectivity index (χ1) is 17.4. The van der Waals surface area contributed by atoms with Gasteiger partial charge in [-0.1, -0.05) is 19.3 Å². The highest BCUT2D eigenvalue weighted by Crippen LogP contribution is 2.55. The van der Waals surface area contributed by atoms with E-state index in [4.69, 9.17) is 4.74 Å². The smallest absolute Gasteiger partial charge is 0.337 e. The van der Waals surface area contributed by atoms with Crippen molar-refractivity contribution in [1.82, 2.24) is 15.1 Å². The number of hydrogen-bond acceptors (Lipinski definition) is 6. The van der Waals surface area contributed by atoms with Crippen LogP contribution >= 0.6 is 11.8 Å². The van der Waals surface area contributed by atoms with E-state index in [-0.39, 0.29) is 17.9 Å². The summed E-state index contributed by atoms with van der Waals surface area (Å²) in [6, 6.07) is 7.30. The average Bonchev–Trinajstić information content (AvgIpc) is 3.29. The highest BCUT2D eigenvalue weighted by molar-refractivity contribution is 8.00.